The molecule has 0 aliphatic rings. The number of hydrogen-bond donors (Lipinski definition) is 1. The van der Waals surface area contributed by atoms with Crippen LogP contribution in [0.15, 0.2) is 47.6 Å². The second kappa shape index (κ2) is 7.26. The van der Waals surface area contributed by atoms with Crippen molar-refractivity contribution in [2.45, 2.75) is 36.5 Å². The van der Waals surface area contributed by atoms with E-state index >= 15 is 0 Å². The molecule has 2 aromatic rings. The molecule has 0 aliphatic carbocycles. The van der Waals surface area contributed by atoms with Crippen LogP contribution in [0.2, 0.25) is 0 Å². The van der Waals surface area contributed by atoms with E-state index in [-0.39, 0.29) is 6.04 Å². The Labute approximate surface area is 118 Å². The number of thioether (sulfide) groups is 1. The maximum Gasteiger partial charge on any atom is 0.138 e. The lowest BCUT2D eigenvalue weighted by atomic mass is 10.1. The van der Waals surface area contributed by atoms with Gasteiger partial charge in [-0.15, -0.1) is 11.8 Å². The van der Waals surface area contributed by atoms with Crippen LogP contribution in [0.25, 0.3) is 0 Å². The first kappa shape index (κ1) is 14.0. The molecule has 1 aromatic carbocycles. The first-order chi connectivity index (χ1) is 9.28. The smallest absolute Gasteiger partial charge is 0.138 e. The molecule has 0 radical (unpaired) electrons. The summed E-state index contributed by atoms with van der Waals surface area (Å²) in [6, 6.07) is 10.5. The summed E-state index contributed by atoms with van der Waals surface area (Å²) in [5, 5.41) is 0. The number of rotatable bonds is 6. The quantitative estimate of drug-likeness (QED) is 0.822. The summed E-state index contributed by atoms with van der Waals surface area (Å²) in [5.74, 6) is 1.66. The molecule has 0 saturated heterocycles. The molecule has 0 spiro atoms. The molecule has 0 bridgehead atoms. The zero-order valence-electron chi connectivity index (χ0n) is 11.1. The number of benzene rings is 1. The average molecular weight is 273 g/mol. The molecule has 1 heterocycles. The highest BCUT2D eigenvalue weighted by atomic mass is 32.2. The summed E-state index contributed by atoms with van der Waals surface area (Å²) >= 11 is 1.75. The van der Waals surface area contributed by atoms with Gasteiger partial charge in [0.1, 0.15) is 5.82 Å². The number of aromatic nitrogens is 2. The van der Waals surface area contributed by atoms with Gasteiger partial charge in [0.15, 0.2) is 0 Å². The van der Waals surface area contributed by atoms with Crippen LogP contribution in [0.3, 0.4) is 0 Å². The van der Waals surface area contributed by atoms with Crippen LogP contribution in [0.5, 0.6) is 0 Å². The fraction of sp³-hybridized carbons (Fsp3) is 0.333. The van der Waals surface area contributed by atoms with Crippen molar-refractivity contribution in [3.63, 3.8) is 0 Å². The summed E-state index contributed by atoms with van der Waals surface area (Å²) in [4.78, 5) is 10.0. The zero-order valence-corrected chi connectivity index (χ0v) is 11.9. The van der Waals surface area contributed by atoms with Crippen molar-refractivity contribution in [3.05, 3.63) is 54.1 Å². The van der Waals surface area contributed by atoms with Crippen LogP contribution in [-0.2, 0) is 12.2 Å². The molecule has 4 heteroatoms. The molecule has 1 aromatic heterocycles. The van der Waals surface area contributed by atoms with Gasteiger partial charge in [0.05, 0.1) is 5.75 Å². The SMILES string of the molecule is CCC(N)Cc1cnc(CSc2ccccc2)nc1. The van der Waals surface area contributed by atoms with Crippen molar-refractivity contribution in [1.82, 2.24) is 9.97 Å². The zero-order chi connectivity index (χ0) is 13.5. The average Bonchev–Trinajstić information content (AvgIpc) is 2.47. The molecule has 3 nitrogen and oxygen atoms in total. The molecule has 1 atom stereocenters. The van der Waals surface area contributed by atoms with Crippen molar-refractivity contribution in [3.8, 4) is 0 Å². The van der Waals surface area contributed by atoms with Gasteiger partial charge >= 0.3 is 0 Å². The van der Waals surface area contributed by atoms with Crippen LogP contribution in [0.1, 0.15) is 24.7 Å². The van der Waals surface area contributed by atoms with E-state index in [1.54, 1.807) is 11.8 Å². The third-order valence-electron chi connectivity index (χ3n) is 2.89. The molecule has 100 valence electrons. The molecule has 2 rings (SSSR count). The van der Waals surface area contributed by atoms with Gasteiger partial charge in [-0.2, -0.15) is 0 Å². The Hall–Kier alpha value is -1.39. The lowest BCUT2D eigenvalue weighted by molar-refractivity contribution is 0.642. The Balaban J connectivity index is 1.88. The van der Waals surface area contributed by atoms with Gasteiger partial charge in [-0.3, -0.25) is 0 Å². The molecule has 19 heavy (non-hydrogen) atoms. The predicted octanol–water partition coefficient (Wildman–Crippen LogP) is 3.05. The highest BCUT2D eigenvalue weighted by Gasteiger charge is 2.03. The van der Waals surface area contributed by atoms with E-state index in [1.807, 2.05) is 30.6 Å². The Morgan fingerprint density at radius 3 is 2.47 bits per heavy atom. The van der Waals surface area contributed by atoms with Crippen LogP contribution in [0, 0.1) is 0 Å². The highest BCUT2D eigenvalue weighted by molar-refractivity contribution is 7.98. The molecular formula is C15H19N3S. The van der Waals surface area contributed by atoms with E-state index in [4.69, 9.17) is 5.73 Å². The number of hydrogen-bond acceptors (Lipinski definition) is 4. The third-order valence-corrected chi connectivity index (χ3v) is 3.90. The fourth-order valence-corrected chi connectivity index (χ4v) is 2.47. The minimum atomic E-state index is 0.202. The highest BCUT2D eigenvalue weighted by Crippen LogP contribution is 2.20. The third kappa shape index (κ3) is 4.65. The van der Waals surface area contributed by atoms with Crippen molar-refractivity contribution in [2.24, 2.45) is 5.73 Å². The summed E-state index contributed by atoms with van der Waals surface area (Å²) in [5.41, 5.74) is 7.03. The van der Waals surface area contributed by atoms with E-state index in [9.17, 15) is 0 Å². The molecule has 0 fully saturated rings. The standard InChI is InChI=1S/C15H19N3S/c1-2-13(16)8-12-9-17-15(18-10-12)11-19-14-6-4-3-5-7-14/h3-7,9-10,13H,2,8,11,16H2,1H3. The van der Waals surface area contributed by atoms with Crippen LogP contribution in [0.4, 0.5) is 0 Å². The molecular weight excluding hydrogens is 254 g/mol. The lowest BCUT2D eigenvalue weighted by Crippen LogP contribution is -2.21. The predicted molar refractivity (Wildman–Crippen MR) is 80.0 cm³/mol. The van der Waals surface area contributed by atoms with Crippen LogP contribution >= 0.6 is 11.8 Å². The van der Waals surface area contributed by atoms with Gasteiger partial charge in [0, 0.05) is 23.3 Å². The summed E-state index contributed by atoms with van der Waals surface area (Å²) in [6.07, 6.45) is 5.61. The molecule has 2 N–H and O–H groups in total. The van der Waals surface area contributed by atoms with Gasteiger partial charge in [0.2, 0.25) is 0 Å². The Kier molecular flexibility index (Phi) is 5.36. The largest absolute Gasteiger partial charge is 0.327 e. The monoisotopic (exact) mass is 273 g/mol. The molecule has 0 aliphatic heterocycles. The van der Waals surface area contributed by atoms with Gasteiger partial charge in [-0.05, 0) is 30.5 Å². The van der Waals surface area contributed by atoms with E-state index in [1.165, 1.54) is 4.90 Å². The van der Waals surface area contributed by atoms with E-state index in [0.717, 1.165) is 30.0 Å². The molecule has 0 amide bonds. The summed E-state index contributed by atoms with van der Waals surface area (Å²) < 4.78 is 0. The maximum absolute atomic E-state index is 5.92. The summed E-state index contributed by atoms with van der Waals surface area (Å²) in [7, 11) is 0. The Bertz CT molecular complexity index is 485. The Morgan fingerprint density at radius 2 is 1.84 bits per heavy atom. The van der Waals surface area contributed by atoms with Crippen LogP contribution < -0.4 is 5.73 Å². The topological polar surface area (TPSA) is 51.8 Å². The van der Waals surface area contributed by atoms with Gasteiger partial charge < -0.3 is 5.73 Å². The van der Waals surface area contributed by atoms with Gasteiger partial charge in [0.25, 0.3) is 0 Å². The first-order valence-electron chi connectivity index (χ1n) is 6.51. The number of nitrogens with two attached hydrogens (primary N) is 1. The van der Waals surface area contributed by atoms with E-state index in [0.29, 0.717) is 0 Å². The fourth-order valence-electron chi connectivity index (χ4n) is 1.67. The molecule has 0 saturated carbocycles. The first-order valence-corrected chi connectivity index (χ1v) is 7.49. The number of nitrogens with zero attached hydrogens (tertiary/aromatic N) is 2. The molecule has 1 unspecified atom stereocenters. The van der Waals surface area contributed by atoms with Crippen LogP contribution in [-0.4, -0.2) is 16.0 Å². The van der Waals surface area contributed by atoms with Crippen molar-refractivity contribution in [2.75, 3.05) is 0 Å². The van der Waals surface area contributed by atoms with E-state index in [2.05, 4.69) is 29.0 Å². The second-order valence-corrected chi connectivity index (χ2v) is 5.53. The second-order valence-electron chi connectivity index (χ2n) is 4.48. The Morgan fingerprint density at radius 1 is 1.16 bits per heavy atom. The lowest BCUT2D eigenvalue weighted by Gasteiger charge is -2.08. The van der Waals surface area contributed by atoms with Crippen molar-refractivity contribution in [1.29, 1.82) is 0 Å². The van der Waals surface area contributed by atoms with Crippen molar-refractivity contribution < 1.29 is 0 Å². The van der Waals surface area contributed by atoms with Crippen molar-refractivity contribution >= 4 is 11.8 Å². The van der Waals surface area contributed by atoms with E-state index < -0.39 is 0 Å². The normalized spacial score (nSPS) is 12.3. The van der Waals surface area contributed by atoms with Gasteiger partial charge in [-0.25, -0.2) is 9.97 Å². The maximum atomic E-state index is 5.92. The summed E-state index contributed by atoms with van der Waals surface area (Å²) in [6.45, 7) is 2.09. The minimum absolute atomic E-state index is 0.202. The minimum Gasteiger partial charge on any atom is -0.327 e. The van der Waals surface area contributed by atoms with Gasteiger partial charge in [-0.1, -0.05) is 25.1 Å².